The van der Waals surface area contributed by atoms with Crippen molar-refractivity contribution in [3.63, 3.8) is 0 Å². The first-order valence-corrected chi connectivity index (χ1v) is 7.99. The van der Waals surface area contributed by atoms with Crippen molar-refractivity contribution in [1.82, 2.24) is 4.90 Å². The minimum atomic E-state index is -4.97. The van der Waals surface area contributed by atoms with Gasteiger partial charge in [0.1, 0.15) is 5.54 Å². The summed E-state index contributed by atoms with van der Waals surface area (Å²) < 4.78 is 46.9. The number of nitrogens with one attached hydrogen (secondary N) is 1. The summed E-state index contributed by atoms with van der Waals surface area (Å²) in [5, 5.41) is 11.5. The van der Waals surface area contributed by atoms with Crippen molar-refractivity contribution in [3.05, 3.63) is 23.8 Å². The van der Waals surface area contributed by atoms with Crippen LogP contribution >= 0.6 is 0 Å². The number of amides is 1. The van der Waals surface area contributed by atoms with Gasteiger partial charge in [0.25, 0.3) is 0 Å². The summed E-state index contributed by atoms with van der Waals surface area (Å²) in [6.45, 7) is 2.06. The Morgan fingerprint density at radius 3 is 2.42 bits per heavy atom. The van der Waals surface area contributed by atoms with E-state index in [-0.39, 0.29) is 11.3 Å². The Balaban J connectivity index is 1.84. The molecule has 2 N–H and O–H groups in total. The number of alkyl halides is 3. The molecule has 1 amide bonds. The standard InChI is InChI=1S/C16H17F3N2O5/c17-16(18,19)26-12-2-1-10(13(22)23)9-11(12)20-14(24)15(3-4-15)21-5-7-25-8-6-21/h1-2,9H,3-8H2,(H,20,24)(H,22,23). The van der Waals surface area contributed by atoms with Crippen LogP contribution in [0.15, 0.2) is 18.2 Å². The molecule has 1 heterocycles. The number of morpholine rings is 1. The molecule has 1 aromatic carbocycles. The molecule has 1 aliphatic carbocycles. The van der Waals surface area contributed by atoms with Crippen LogP contribution in [0.5, 0.6) is 5.75 Å². The largest absolute Gasteiger partial charge is 0.573 e. The monoisotopic (exact) mass is 374 g/mol. The van der Waals surface area contributed by atoms with E-state index in [1.54, 1.807) is 0 Å². The van der Waals surface area contributed by atoms with E-state index in [4.69, 9.17) is 9.84 Å². The lowest BCUT2D eigenvalue weighted by Gasteiger charge is -2.33. The average Bonchev–Trinajstić information content (AvgIpc) is 3.37. The van der Waals surface area contributed by atoms with Gasteiger partial charge in [-0.3, -0.25) is 9.69 Å². The van der Waals surface area contributed by atoms with Crippen molar-refractivity contribution >= 4 is 17.6 Å². The number of carboxylic acids is 1. The highest BCUT2D eigenvalue weighted by molar-refractivity contribution is 6.02. The topological polar surface area (TPSA) is 88.1 Å². The number of rotatable bonds is 5. The van der Waals surface area contributed by atoms with Crippen molar-refractivity contribution in [3.8, 4) is 5.75 Å². The van der Waals surface area contributed by atoms with E-state index in [0.717, 1.165) is 18.2 Å². The molecule has 0 spiro atoms. The fourth-order valence-corrected chi connectivity index (χ4v) is 3.01. The third-order valence-electron chi connectivity index (χ3n) is 4.46. The number of aromatic carboxylic acids is 1. The van der Waals surface area contributed by atoms with Crippen LogP contribution in [0, 0.1) is 0 Å². The lowest BCUT2D eigenvalue weighted by molar-refractivity contribution is -0.274. The fraction of sp³-hybridized carbons (Fsp3) is 0.500. The van der Waals surface area contributed by atoms with Crippen LogP contribution in [0.4, 0.5) is 18.9 Å². The zero-order chi connectivity index (χ0) is 18.9. The highest BCUT2D eigenvalue weighted by Gasteiger charge is 2.54. The number of carbonyl (C=O) groups excluding carboxylic acids is 1. The van der Waals surface area contributed by atoms with Crippen molar-refractivity contribution in [2.45, 2.75) is 24.7 Å². The van der Waals surface area contributed by atoms with Gasteiger partial charge in [0, 0.05) is 13.1 Å². The number of ether oxygens (including phenoxy) is 2. The van der Waals surface area contributed by atoms with Crippen LogP contribution in [0.25, 0.3) is 0 Å². The van der Waals surface area contributed by atoms with Crippen LogP contribution < -0.4 is 10.1 Å². The molecule has 2 fully saturated rings. The Kier molecular flexibility index (Phi) is 4.80. The Bertz CT molecular complexity index is 712. The van der Waals surface area contributed by atoms with Gasteiger partial charge in [-0.05, 0) is 31.0 Å². The number of halogens is 3. The molecule has 1 aliphatic heterocycles. The van der Waals surface area contributed by atoms with E-state index >= 15 is 0 Å². The second kappa shape index (κ2) is 6.76. The molecule has 0 bridgehead atoms. The molecule has 10 heteroatoms. The summed E-state index contributed by atoms with van der Waals surface area (Å²) in [5.41, 5.74) is -1.38. The van der Waals surface area contributed by atoms with Gasteiger partial charge in [0.2, 0.25) is 5.91 Å². The second-order valence-electron chi connectivity index (χ2n) is 6.15. The molecule has 26 heavy (non-hydrogen) atoms. The zero-order valence-corrected chi connectivity index (χ0v) is 13.6. The first kappa shape index (κ1) is 18.5. The van der Waals surface area contributed by atoms with E-state index in [9.17, 15) is 22.8 Å². The molecule has 1 saturated carbocycles. The molecular weight excluding hydrogens is 357 g/mol. The van der Waals surface area contributed by atoms with Crippen LogP contribution in [-0.2, 0) is 9.53 Å². The van der Waals surface area contributed by atoms with Crippen LogP contribution in [0.3, 0.4) is 0 Å². The van der Waals surface area contributed by atoms with Crippen molar-refractivity contribution in [2.75, 3.05) is 31.6 Å². The summed E-state index contributed by atoms with van der Waals surface area (Å²) in [6, 6.07) is 2.81. The van der Waals surface area contributed by atoms with Gasteiger partial charge in [0.15, 0.2) is 5.75 Å². The second-order valence-corrected chi connectivity index (χ2v) is 6.15. The Morgan fingerprint density at radius 2 is 1.88 bits per heavy atom. The van der Waals surface area contributed by atoms with Gasteiger partial charge in [-0.15, -0.1) is 13.2 Å². The van der Waals surface area contributed by atoms with E-state index in [0.29, 0.717) is 39.1 Å². The van der Waals surface area contributed by atoms with Gasteiger partial charge in [-0.2, -0.15) is 0 Å². The third kappa shape index (κ3) is 3.91. The minimum Gasteiger partial charge on any atom is -0.478 e. The first-order chi connectivity index (χ1) is 12.2. The summed E-state index contributed by atoms with van der Waals surface area (Å²) in [5.74, 6) is -2.46. The number of carboxylic acid groups (broad SMARTS) is 1. The van der Waals surface area contributed by atoms with Crippen molar-refractivity contribution < 1.29 is 37.3 Å². The average molecular weight is 374 g/mol. The maximum atomic E-state index is 12.7. The van der Waals surface area contributed by atoms with Crippen molar-refractivity contribution in [1.29, 1.82) is 0 Å². The quantitative estimate of drug-likeness (QED) is 0.821. The summed E-state index contributed by atoms with van der Waals surface area (Å²) in [7, 11) is 0. The van der Waals surface area contributed by atoms with Gasteiger partial charge >= 0.3 is 12.3 Å². The molecule has 0 aromatic heterocycles. The van der Waals surface area contributed by atoms with Crippen LogP contribution in [0.2, 0.25) is 0 Å². The number of benzene rings is 1. The van der Waals surface area contributed by atoms with Crippen LogP contribution in [-0.4, -0.2) is 60.1 Å². The van der Waals surface area contributed by atoms with E-state index in [2.05, 4.69) is 10.1 Å². The lowest BCUT2D eigenvalue weighted by Crippen LogP contribution is -2.51. The SMILES string of the molecule is O=C(O)c1ccc(OC(F)(F)F)c(NC(=O)C2(N3CCOCC3)CC2)c1. The Labute approximate surface area is 146 Å². The number of carbonyl (C=O) groups is 2. The van der Waals surface area contributed by atoms with Gasteiger partial charge < -0.3 is 19.9 Å². The van der Waals surface area contributed by atoms with Gasteiger partial charge in [-0.25, -0.2) is 4.79 Å². The molecule has 1 saturated heterocycles. The Hall–Kier alpha value is -2.33. The number of anilines is 1. The molecule has 0 radical (unpaired) electrons. The van der Waals surface area contributed by atoms with Gasteiger partial charge in [0.05, 0.1) is 24.5 Å². The molecule has 1 aromatic rings. The maximum absolute atomic E-state index is 12.7. The lowest BCUT2D eigenvalue weighted by atomic mass is 10.1. The highest BCUT2D eigenvalue weighted by atomic mass is 19.4. The third-order valence-corrected chi connectivity index (χ3v) is 4.46. The molecule has 142 valence electrons. The molecule has 0 atom stereocenters. The van der Waals surface area contributed by atoms with Crippen LogP contribution in [0.1, 0.15) is 23.2 Å². The van der Waals surface area contributed by atoms with E-state index in [1.165, 1.54) is 0 Å². The molecule has 0 unspecified atom stereocenters. The molecular formula is C16H17F3N2O5. The maximum Gasteiger partial charge on any atom is 0.573 e. The predicted molar refractivity (Wildman–Crippen MR) is 83.1 cm³/mol. The highest BCUT2D eigenvalue weighted by Crippen LogP contribution is 2.44. The van der Waals surface area contributed by atoms with Gasteiger partial charge in [-0.1, -0.05) is 0 Å². The minimum absolute atomic E-state index is 0.258. The van der Waals surface area contributed by atoms with Crippen molar-refractivity contribution in [2.24, 2.45) is 0 Å². The summed E-state index contributed by atoms with van der Waals surface area (Å²) >= 11 is 0. The number of hydrogen-bond acceptors (Lipinski definition) is 5. The van der Waals surface area contributed by atoms with E-state index < -0.39 is 29.5 Å². The fourth-order valence-electron chi connectivity index (χ4n) is 3.01. The molecule has 3 rings (SSSR count). The molecule has 7 nitrogen and oxygen atoms in total. The number of nitrogens with zero attached hydrogens (tertiary/aromatic N) is 1. The smallest absolute Gasteiger partial charge is 0.478 e. The summed E-state index contributed by atoms with van der Waals surface area (Å²) in [6.07, 6.45) is -3.81. The number of hydrogen-bond donors (Lipinski definition) is 2. The first-order valence-electron chi connectivity index (χ1n) is 7.99. The molecule has 2 aliphatic rings. The normalized spacial score (nSPS) is 19.7. The Morgan fingerprint density at radius 1 is 1.23 bits per heavy atom. The predicted octanol–water partition coefficient (Wildman–Crippen LogP) is 2.09. The van der Waals surface area contributed by atoms with E-state index in [1.807, 2.05) is 4.90 Å². The zero-order valence-electron chi connectivity index (χ0n) is 13.6. The summed E-state index contributed by atoms with van der Waals surface area (Å²) in [4.78, 5) is 25.8.